The number of carbonyl (C=O) groups is 1. The van der Waals surface area contributed by atoms with E-state index in [1.807, 2.05) is 6.08 Å². The Labute approximate surface area is 175 Å². The van der Waals surface area contributed by atoms with E-state index in [1.165, 1.54) is 28.6 Å². The van der Waals surface area contributed by atoms with E-state index in [-0.39, 0.29) is 21.2 Å². The molecule has 2 aromatic carbocycles. The number of rotatable bonds is 6. The summed E-state index contributed by atoms with van der Waals surface area (Å²) in [5.74, 6) is -1.19. The maximum atomic E-state index is 13.0. The van der Waals surface area contributed by atoms with Crippen molar-refractivity contribution < 1.29 is 23.2 Å². The molecule has 0 fully saturated rings. The van der Waals surface area contributed by atoms with Gasteiger partial charge in [-0.25, -0.2) is 13.2 Å². The molecule has 154 valence electrons. The normalized spacial score (nSPS) is 15.2. The average Bonchev–Trinajstić information content (AvgIpc) is 3.09. The minimum Gasteiger partial charge on any atom is -0.478 e. The molecule has 1 atom stereocenters. The summed E-state index contributed by atoms with van der Waals surface area (Å²) in [7, 11) is -5.80. The molecule has 0 bridgehead atoms. The van der Waals surface area contributed by atoms with E-state index in [2.05, 4.69) is 5.09 Å². The van der Waals surface area contributed by atoms with Crippen LogP contribution in [-0.2, 0) is 10.0 Å². The molecule has 3 N–H and O–H groups in total. The fourth-order valence-corrected chi connectivity index (χ4v) is 6.14. The van der Waals surface area contributed by atoms with Crippen LogP contribution in [0.15, 0.2) is 53.1 Å². The third kappa shape index (κ3) is 4.56. The zero-order chi connectivity index (χ0) is 21.3. The number of benzene rings is 2. The SMILES string of the molecule is CC1=CCCN1S(=O)(=O)c1cc(C)cc(P(O)Nc2ccc(Cl)cc2C(=O)O)c1. The van der Waals surface area contributed by atoms with Gasteiger partial charge in [-0.15, -0.1) is 0 Å². The van der Waals surface area contributed by atoms with E-state index < -0.39 is 24.3 Å². The number of sulfonamides is 1. The third-order valence-electron chi connectivity index (χ3n) is 4.47. The maximum absolute atomic E-state index is 13.0. The molecule has 7 nitrogen and oxygen atoms in total. The molecule has 3 rings (SSSR count). The van der Waals surface area contributed by atoms with Crippen molar-refractivity contribution in [1.82, 2.24) is 4.31 Å². The number of hydrogen-bond acceptors (Lipinski definition) is 5. The van der Waals surface area contributed by atoms with E-state index in [0.717, 1.165) is 0 Å². The van der Waals surface area contributed by atoms with Crippen LogP contribution in [0.2, 0.25) is 5.02 Å². The van der Waals surface area contributed by atoms with Crippen molar-refractivity contribution in [2.45, 2.75) is 25.2 Å². The number of nitrogens with zero attached hydrogens (tertiary/aromatic N) is 1. The van der Waals surface area contributed by atoms with Gasteiger partial charge < -0.3 is 15.1 Å². The van der Waals surface area contributed by atoms with Gasteiger partial charge >= 0.3 is 5.97 Å². The van der Waals surface area contributed by atoms with Crippen molar-refractivity contribution >= 4 is 46.9 Å². The lowest BCUT2D eigenvalue weighted by molar-refractivity contribution is 0.0698. The second kappa shape index (κ2) is 8.32. The van der Waals surface area contributed by atoms with E-state index in [9.17, 15) is 23.2 Å². The van der Waals surface area contributed by atoms with E-state index in [0.29, 0.717) is 29.5 Å². The van der Waals surface area contributed by atoms with Gasteiger partial charge in [0.1, 0.15) is 0 Å². The zero-order valence-electron chi connectivity index (χ0n) is 15.8. The van der Waals surface area contributed by atoms with Crippen LogP contribution in [0.4, 0.5) is 5.69 Å². The van der Waals surface area contributed by atoms with Gasteiger partial charge in [0.25, 0.3) is 10.0 Å². The number of aryl methyl sites for hydroxylation is 1. The quantitative estimate of drug-likeness (QED) is 0.575. The Balaban J connectivity index is 1.94. The summed E-state index contributed by atoms with van der Waals surface area (Å²) in [4.78, 5) is 22.2. The Morgan fingerprint density at radius 3 is 2.55 bits per heavy atom. The van der Waals surface area contributed by atoms with Crippen molar-refractivity contribution in [3.8, 4) is 0 Å². The lowest BCUT2D eigenvalue weighted by Crippen LogP contribution is -2.28. The summed E-state index contributed by atoms with van der Waals surface area (Å²) in [6.45, 7) is 3.87. The zero-order valence-corrected chi connectivity index (χ0v) is 18.2. The van der Waals surface area contributed by atoms with Crippen LogP contribution in [0, 0.1) is 6.92 Å². The van der Waals surface area contributed by atoms with Crippen LogP contribution >= 0.6 is 19.9 Å². The number of anilines is 1. The van der Waals surface area contributed by atoms with Crippen LogP contribution in [0.25, 0.3) is 0 Å². The van der Waals surface area contributed by atoms with Gasteiger partial charge in [0, 0.05) is 22.6 Å². The van der Waals surface area contributed by atoms with Gasteiger partial charge in [-0.3, -0.25) is 4.31 Å². The molecule has 0 amide bonds. The second-order valence-electron chi connectivity index (χ2n) is 6.63. The molecule has 1 heterocycles. The third-order valence-corrected chi connectivity index (χ3v) is 7.79. The molecule has 0 radical (unpaired) electrons. The highest BCUT2D eigenvalue weighted by Gasteiger charge is 2.28. The van der Waals surface area contributed by atoms with Gasteiger partial charge in [-0.05, 0) is 62.2 Å². The molecule has 0 saturated heterocycles. The van der Waals surface area contributed by atoms with E-state index in [4.69, 9.17) is 11.6 Å². The van der Waals surface area contributed by atoms with Gasteiger partial charge in [0.15, 0.2) is 8.30 Å². The molecule has 2 aromatic rings. The molecule has 0 saturated carbocycles. The molecule has 1 aliphatic rings. The number of aromatic carboxylic acids is 1. The number of nitrogens with one attached hydrogen (secondary N) is 1. The van der Waals surface area contributed by atoms with Crippen molar-refractivity contribution in [3.63, 3.8) is 0 Å². The molecular weight excluding hydrogens is 435 g/mol. The molecule has 10 heteroatoms. The van der Waals surface area contributed by atoms with Gasteiger partial charge in [-0.1, -0.05) is 17.7 Å². The molecule has 0 aromatic heterocycles. The Hall–Kier alpha value is -2.12. The summed E-state index contributed by atoms with van der Waals surface area (Å²) in [6, 6.07) is 8.89. The predicted molar refractivity (Wildman–Crippen MR) is 114 cm³/mol. The summed E-state index contributed by atoms with van der Waals surface area (Å²) in [5, 5.41) is 12.8. The summed E-state index contributed by atoms with van der Waals surface area (Å²) in [5.41, 5.74) is 1.45. The average molecular weight is 455 g/mol. The number of halogens is 1. The van der Waals surface area contributed by atoms with Crippen molar-refractivity contribution in [2.24, 2.45) is 0 Å². The number of hydrogen-bond donors (Lipinski definition) is 3. The van der Waals surface area contributed by atoms with Crippen molar-refractivity contribution in [1.29, 1.82) is 0 Å². The second-order valence-corrected chi connectivity index (χ2v) is 10.3. The summed E-state index contributed by atoms with van der Waals surface area (Å²) < 4.78 is 27.4. The molecule has 0 aliphatic carbocycles. The Morgan fingerprint density at radius 1 is 1.21 bits per heavy atom. The lowest BCUT2D eigenvalue weighted by Gasteiger charge is -2.22. The molecule has 1 aliphatic heterocycles. The molecule has 0 spiro atoms. The Bertz CT molecular complexity index is 1100. The van der Waals surface area contributed by atoms with E-state index in [1.54, 1.807) is 26.0 Å². The van der Waals surface area contributed by atoms with Gasteiger partial charge in [0.05, 0.1) is 16.1 Å². The van der Waals surface area contributed by atoms with Gasteiger partial charge in [0.2, 0.25) is 0 Å². The monoisotopic (exact) mass is 454 g/mol. The van der Waals surface area contributed by atoms with E-state index >= 15 is 0 Å². The van der Waals surface area contributed by atoms with Crippen molar-refractivity contribution in [3.05, 3.63) is 64.3 Å². The van der Waals surface area contributed by atoms with Crippen molar-refractivity contribution in [2.75, 3.05) is 11.6 Å². The number of carboxylic acid groups (broad SMARTS) is 1. The smallest absolute Gasteiger partial charge is 0.337 e. The highest BCUT2D eigenvalue weighted by molar-refractivity contribution is 7.89. The van der Waals surface area contributed by atoms with Crippen LogP contribution in [-0.4, -0.2) is 35.2 Å². The minimum atomic E-state index is -3.74. The van der Waals surface area contributed by atoms with Gasteiger partial charge in [-0.2, -0.15) is 0 Å². The first kappa shape index (κ1) is 21.6. The first-order valence-corrected chi connectivity index (χ1v) is 11.8. The molecular formula is C19H20ClN2O5PS. The fourth-order valence-electron chi connectivity index (χ4n) is 3.08. The Kier molecular flexibility index (Phi) is 6.19. The highest BCUT2D eigenvalue weighted by atomic mass is 35.5. The number of carboxylic acids is 1. The maximum Gasteiger partial charge on any atom is 0.337 e. The van der Waals surface area contributed by atoms with Crippen LogP contribution < -0.4 is 10.4 Å². The predicted octanol–water partition coefficient (Wildman–Crippen LogP) is 3.69. The highest BCUT2D eigenvalue weighted by Crippen LogP contribution is 2.35. The van der Waals surface area contributed by atoms with Crippen LogP contribution in [0.3, 0.4) is 0 Å². The largest absolute Gasteiger partial charge is 0.478 e. The summed E-state index contributed by atoms with van der Waals surface area (Å²) >= 11 is 5.86. The minimum absolute atomic E-state index is 0.0834. The summed E-state index contributed by atoms with van der Waals surface area (Å²) in [6.07, 6.45) is 2.52. The topological polar surface area (TPSA) is 107 Å². The Morgan fingerprint density at radius 2 is 1.93 bits per heavy atom. The number of allylic oxidation sites excluding steroid dienone is 1. The fraction of sp³-hybridized carbons (Fsp3) is 0.211. The molecule has 29 heavy (non-hydrogen) atoms. The molecule has 1 unspecified atom stereocenters. The standard InChI is InChI=1S/C19H20ClN2O5PS/c1-12-8-15(11-16(9-12)29(26,27)22-7-3-4-13(22)2)28(25)21-18-6-5-14(20)10-17(18)19(23)24/h4-6,8-11,21,25H,3,7H2,1-2H3,(H,23,24). The van der Waals surface area contributed by atoms with Crippen LogP contribution in [0.1, 0.15) is 29.3 Å². The van der Waals surface area contributed by atoms with Crippen LogP contribution in [0.5, 0.6) is 0 Å². The lowest BCUT2D eigenvalue weighted by atomic mass is 10.2. The first-order valence-electron chi connectivity index (χ1n) is 8.69. The first-order chi connectivity index (χ1) is 13.6.